The Balaban J connectivity index is 1.83. The lowest BCUT2D eigenvalue weighted by molar-refractivity contribution is 0.267. The molecule has 0 amide bonds. The second-order valence-electron chi connectivity index (χ2n) is 5.79. The molecule has 0 aliphatic carbocycles. The maximum atomic E-state index is 12.4. The molecule has 0 aromatic heterocycles. The Labute approximate surface area is 128 Å². The normalized spacial score (nSPS) is 18.0. The molecule has 1 aromatic rings. The summed E-state index contributed by atoms with van der Waals surface area (Å²) in [5, 5.41) is 3.43. The summed E-state index contributed by atoms with van der Waals surface area (Å²) in [5.74, 6) is 0.729. The number of rotatable bonds is 7. The average molecular weight is 310 g/mol. The van der Waals surface area contributed by atoms with Crippen molar-refractivity contribution in [1.29, 1.82) is 0 Å². The van der Waals surface area contributed by atoms with E-state index in [0.717, 1.165) is 37.9 Å². The molecule has 1 heterocycles. The molecule has 0 radical (unpaired) electrons. The van der Waals surface area contributed by atoms with E-state index in [9.17, 15) is 8.42 Å². The van der Waals surface area contributed by atoms with Gasteiger partial charge in [0.15, 0.2) is 0 Å². The van der Waals surface area contributed by atoms with Crippen molar-refractivity contribution in [2.45, 2.75) is 31.9 Å². The van der Waals surface area contributed by atoms with Gasteiger partial charge in [-0.3, -0.25) is 0 Å². The number of nitrogens with zero attached hydrogens (tertiary/aromatic N) is 1. The molecule has 0 spiro atoms. The number of hydrogen-bond acceptors (Lipinski definition) is 3. The third kappa shape index (κ3) is 5.09. The summed E-state index contributed by atoms with van der Waals surface area (Å²) >= 11 is 0. The van der Waals surface area contributed by atoms with Crippen molar-refractivity contribution in [3.05, 3.63) is 35.9 Å². The lowest BCUT2D eigenvalue weighted by Gasteiger charge is -2.31. The molecule has 1 aromatic carbocycles. The van der Waals surface area contributed by atoms with E-state index in [0.29, 0.717) is 19.0 Å². The minimum atomic E-state index is -3.17. The van der Waals surface area contributed by atoms with Crippen molar-refractivity contribution >= 4 is 10.0 Å². The Kier molecular flexibility index (Phi) is 6.21. The predicted molar refractivity (Wildman–Crippen MR) is 86.5 cm³/mol. The molecule has 0 unspecified atom stereocenters. The zero-order chi connectivity index (χ0) is 15.1. The molecule has 5 heteroatoms. The van der Waals surface area contributed by atoms with Gasteiger partial charge in [-0.15, -0.1) is 0 Å². The summed E-state index contributed by atoms with van der Waals surface area (Å²) in [7, 11) is -3.17. The van der Waals surface area contributed by atoms with Gasteiger partial charge in [-0.25, -0.2) is 12.7 Å². The Morgan fingerprint density at radius 1 is 1.19 bits per heavy atom. The first-order valence-corrected chi connectivity index (χ1v) is 9.45. The van der Waals surface area contributed by atoms with Crippen LogP contribution in [-0.4, -0.2) is 38.9 Å². The first-order valence-electron chi connectivity index (χ1n) is 7.84. The number of piperidine rings is 1. The van der Waals surface area contributed by atoms with Crippen molar-refractivity contribution in [2.24, 2.45) is 5.92 Å². The molecule has 1 fully saturated rings. The van der Waals surface area contributed by atoms with Crippen molar-refractivity contribution in [3.63, 3.8) is 0 Å². The summed E-state index contributed by atoms with van der Waals surface area (Å²) in [6, 6.07) is 9.43. The number of nitrogens with one attached hydrogen (secondary N) is 1. The van der Waals surface area contributed by atoms with Gasteiger partial charge in [-0.1, -0.05) is 37.3 Å². The van der Waals surface area contributed by atoms with E-state index in [1.165, 1.54) is 0 Å². The second-order valence-corrected chi connectivity index (χ2v) is 7.76. The molecule has 1 saturated heterocycles. The highest BCUT2D eigenvalue weighted by Gasteiger charge is 2.27. The van der Waals surface area contributed by atoms with Crippen molar-refractivity contribution < 1.29 is 8.42 Å². The van der Waals surface area contributed by atoms with Crippen LogP contribution in [0.2, 0.25) is 0 Å². The van der Waals surface area contributed by atoms with Crippen LogP contribution in [0, 0.1) is 5.92 Å². The lowest BCUT2D eigenvalue weighted by Crippen LogP contribution is -2.41. The molecule has 21 heavy (non-hydrogen) atoms. The number of hydrogen-bond donors (Lipinski definition) is 1. The largest absolute Gasteiger partial charge is 0.316 e. The SMILES string of the molecule is CCCNCC1CCN(S(=O)(=O)Cc2ccccc2)CC1. The summed E-state index contributed by atoms with van der Waals surface area (Å²) in [5.41, 5.74) is 0.865. The molecule has 0 atom stereocenters. The van der Waals surface area contributed by atoms with Gasteiger partial charge in [0.2, 0.25) is 10.0 Å². The van der Waals surface area contributed by atoms with E-state index < -0.39 is 10.0 Å². The van der Waals surface area contributed by atoms with Crippen LogP contribution in [0.1, 0.15) is 31.7 Å². The first kappa shape index (κ1) is 16.5. The summed E-state index contributed by atoms with van der Waals surface area (Å²) in [4.78, 5) is 0. The van der Waals surface area contributed by atoms with Crippen LogP contribution in [0.25, 0.3) is 0 Å². The van der Waals surface area contributed by atoms with E-state index in [1.807, 2.05) is 30.3 Å². The van der Waals surface area contributed by atoms with Crippen LogP contribution in [0.15, 0.2) is 30.3 Å². The third-order valence-electron chi connectivity index (χ3n) is 4.02. The van der Waals surface area contributed by atoms with Crippen LogP contribution >= 0.6 is 0 Å². The Bertz CT molecular complexity index is 508. The quantitative estimate of drug-likeness (QED) is 0.786. The Morgan fingerprint density at radius 3 is 2.48 bits per heavy atom. The monoisotopic (exact) mass is 310 g/mol. The fourth-order valence-electron chi connectivity index (χ4n) is 2.75. The average Bonchev–Trinajstić information content (AvgIpc) is 2.49. The van der Waals surface area contributed by atoms with E-state index in [4.69, 9.17) is 0 Å². The predicted octanol–water partition coefficient (Wildman–Crippen LogP) is 2.23. The van der Waals surface area contributed by atoms with Crippen molar-refractivity contribution in [3.8, 4) is 0 Å². The van der Waals surface area contributed by atoms with Crippen LogP contribution in [-0.2, 0) is 15.8 Å². The minimum Gasteiger partial charge on any atom is -0.316 e. The zero-order valence-corrected chi connectivity index (χ0v) is 13.6. The molecular weight excluding hydrogens is 284 g/mol. The van der Waals surface area contributed by atoms with Crippen molar-refractivity contribution in [1.82, 2.24) is 9.62 Å². The van der Waals surface area contributed by atoms with Gasteiger partial charge in [0, 0.05) is 13.1 Å². The summed E-state index contributed by atoms with van der Waals surface area (Å²) in [6.07, 6.45) is 3.07. The fraction of sp³-hybridized carbons (Fsp3) is 0.625. The lowest BCUT2D eigenvalue weighted by atomic mass is 9.98. The highest BCUT2D eigenvalue weighted by Crippen LogP contribution is 2.21. The van der Waals surface area contributed by atoms with E-state index >= 15 is 0 Å². The van der Waals surface area contributed by atoms with Gasteiger partial charge < -0.3 is 5.32 Å². The van der Waals surface area contributed by atoms with Gasteiger partial charge in [0.05, 0.1) is 5.75 Å². The maximum Gasteiger partial charge on any atom is 0.218 e. The molecule has 4 nitrogen and oxygen atoms in total. The van der Waals surface area contributed by atoms with E-state index in [-0.39, 0.29) is 5.75 Å². The Hall–Kier alpha value is -0.910. The highest BCUT2D eigenvalue weighted by molar-refractivity contribution is 7.88. The molecule has 0 saturated carbocycles. The Morgan fingerprint density at radius 2 is 1.86 bits per heavy atom. The van der Waals surface area contributed by atoms with Gasteiger partial charge in [0.25, 0.3) is 0 Å². The summed E-state index contributed by atoms with van der Waals surface area (Å²) in [6.45, 7) is 5.54. The van der Waals surface area contributed by atoms with Crippen LogP contribution in [0.4, 0.5) is 0 Å². The molecule has 1 N–H and O–H groups in total. The maximum absolute atomic E-state index is 12.4. The van der Waals surface area contributed by atoms with E-state index in [2.05, 4.69) is 12.2 Å². The highest BCUT2D eigenvalue weighted by atomic mass is 32.2. The number of benzene rings is 1. The molecular formula is C16H26N2O2S. The molecule has 118 valence electrons. The van der Waals surface area contributed by atoms with Gasteiger partial charge in [-0.05, 0) is 43.8 Å². The first-order chi connectivity index (χ1) is 10.1. The topological polar surface area (TPSA) is 49.4 Å². The van der Waals surface area contributed by atoms with Gasteiger partial charge >= 0.3 is 0 Å². The standard InChI is InChI=1S/C16H26N2O2S/c1-2-10-17-13-15-8-11-18(12-9-15)21(19,20)14-16-6-4-3-5-7-16/h3-7,15,17H,2,8-14H2,1H3. The van der Waals surface area contributed by atoms with Crippen LogP contribution in [0.5, 0.6) is 0 Å². The smallest absolute Gasteiger partial charge is 0.218 e. The molecule has 2 rings (SSSR count). The molecule has 1 aliphatic heterocycles. The second kappa shape index (κ2) is 7.92. The van der Waals surface area contributed by atoms with E-state index in [1.54, 1.807) is 4.31 Å². The summed E-state index contributed by atoms with van der Waals surface area (Å²) < 4.78 is 26.5. The van der Waals surface area contributed by atoms with Gasteiger partial charge in [-0.2, -0.15) is 0 Å². The third-order valence-corrected chi connectivity index (χ3v) is 5.87. The zero-order valence-electron chi connectivity index (χ0n) is 12.8. The molecule has 1 aliphatic rings. The van der Waals surface area contributed by atoms with Gasteiger partial charge in [0.1, 0.15) is 0 Å². The van der Waals surface area contributed by atoms with Crippen LogP contribution < -0.4 is 5.32 Å². The van der Waals surface area contributed by atoms with Crippen LogP contribution in [0.3, 0.4) is 0 Å². The fourth-order valence-corrected chi connectivity index (χ4v) is 4.31. The molecule has 0 bridgehead atoms. The van der Waals surface area contributed by atoms with Crippen molar-refractivity contribution in [2.75, 3.05) is 26.2 Å². The minimum absolute atomic E-state index is 0.118. The number of sulfonamides is 1.